The average Bonchev–Trinajstić information content (AvgIpc) is 3.44. The van der Waals surface area contributed by atoms with Crippen molar-refractivity contribution >= 4 is 33.1 Å². The van der Waals surface area contributed by atoms with E-state index in [2.05, 4.69) is 15.8 Å². The Bertz CT molecular complexity index is 1500. The topological polar surface area (TPSA) is 140 Å². The molecular weight excluding hydrogens is 580 g/mol. The Balaban J connectivity index is 1.27. The minimum atomic E-state index is -3.88. The number of hydroxylamine groups is 1. The number of oxazole rings is 1. The fourth-order valence-corrected chi connectivity index (χ4v) is 9.00. The summed E-state index contributed by atoms with van der Waals surface area (Å²) in [5.41, 5.74) is 4.23. The van der Waals surface area contributed by atoms with Crippen molar-refractivity contribution in [2.24, 2.45) is 0 Å². The summed E-state index contributed by atoms with van der Waals surface area (Å²) in [6, 6.07) is 11.3. The summed E-state index contributed by atoms with van der Waals surface area (Å²) in [7, 11) is -3.88. The number of nitrogens with one attached hydrogen (secondary N) is 2. The molecule has 0 radical (unpaired) electrons. The van der Waals surface area contributed by atoms with Crippen LogP contribution in [0.25, 0.3) is 21.8 Å². The van der Waals surface area contributed by atoms with Gasteiger partial charge in [-0.3, -0.25) is 4.79 Å². The Morgan fingerprint density at radius 3 is 2.60 bits per heavy atom. The van der Waals surface area contributed by atoms with Gasteiger partial charge in [0.05, 0.1) is 18.4 Å². The van der Waals surface area contributed by atoms with E-state index in [4.69, 9.17) is 14.0 Å². The second-order valence-electron chi connectivity index (χ2n) is 11.0. The standard InChI is InChI=1S/C29H34N4O7S2/c34-26(32-40-27-3-1-2-15-38-27)17-29(12-13-33(14-16-42(29,36)37)28(35)31-22-8-9-22)25-11-10-24(41-25)21-6-4-20(5-7-21)23-18-30-19-39-23/h4-7,10-11,18-19,22,27H,1-3,8-9,12-17H2,(H,31,35)(H,32,34). The summed E-state index contributed by atoms with van der Waals surface area (Å²) in [5.74, 6) is -0.140. The molecule has 0 bridgehead atoms. The minimum absolute atomic E-state index is 0.0675. The highest BCUT2D eigenvalue weighted by Crippen LogP contribution is 2.45. The molecular formula is C29H34N4O7S2. The van der Waals surface area contributed by atoms with Gasteiger partial charge in [-0.15, -0.1) is 11.3 Å². The number of benzene rings is 1. The molecule has 2 atom stereocenters. The number of hydrogen-bond donors (Lipinski definition) is 2. The summed E-state index contributed by atoms with van der Waals surface area (Å²) in [6.45, 7) is 0.823. The summed E-state index contributed by atoms with van der Waals surface area (Å²) in [5, 5.41) is 2.95. The van der Waals surface area contributed by atoms with Crippen LogP contribution < -0.4 is 10.8 Å². The average molecular weight is 615 g/mol. The van der Waals surface area contributed by atoms with Crippen LogP contribution in [0.5, 0.6) is 0 Å². The van der Waals surface area contributed by atoms with Crippen LogP contribution in [0.3, 0.4) is 0 Å². The van der Waals surface area contributed by atoms with E-state index in [1.807, 2.05) is 30.3 Å². The lowest BCUT2D eigenvalue weighted by Gasteiger charge is -2.31. The molecule has 42 heavy (non-hydrogen) atoms. The number of urea groups is 1. The van der Waals surface area contributed by atoms with Crippen LogP contribution in [-0.4, -0.2) is 68.0 Å². The third-order valence-corrected chi connectivity index (χ3v) is 12.0. The molecule has 13 heteroatoms. The molecule has 4 heterocycles. The van der Waals surface area contributed by atoms with Crippen LogP contribution in [0.4, 0.5) is 4.79 Å². The molecule has 2 N–H and O–H groups in total. The molecule has 3 aliphatic rings. The maximum absolute atomic E-state index is 14.1. The fraction of sp³-hybridized carbons (Fsp3) is 0.483. The minimum Gasteiger partial charge on any atom is -0.444 e. The second kappa shape index (κ2) is 12.2. The number of thiophene rings is 1. The normalized spacial score (nSPS) is 24.1. The van der Waals surface area contributed by atoms with Crippen molar-refractivity contribution in [3.05, 3.63) is 53.9 Å². The van der Waals surface area contributed by atoms with E-state index in [1.54, 1.807) is 17.2 Å². The number of amides is 3. The van der Waals surface area contributed by atoms with Gasteiger partial charge in [0.1, 0.15) is 4.75 Å². The van der Waals surface area contributed by atoms with Crippen LogP contribution in [0.2, 0.25) is 0 Å². The lowest BCUT2D eigenvalue weighted by atomic mass is 9.97. The number of hydrogen-bond acceptors (Lipinski definition) is 9. The van der Waals surface area contributed by atoms with Gasteiger partial charge in [-0.05, 0) is 49.8 Å². The van der Waals surface area contributed by atoms with Crippen LogP contribution in [0.1, 0.15) is 49.8 Å². The first-order valence-corrected chi connectivity index (χ1v) is 16.7. The fourth-order valence-electron chi connectivity index (χ4n) is 5.39. The van der Waals surface area contributed by atoms with Gasteiger partial charge in [0.2, 0.25) is 5.91 Å². The SMILES string of the molecule is O=C(CC1(c2ccc(-c3ccc(-c4cnco4)cc3)s2)CCN(C(=O)NC2CC2)CCS1(=O)=O)NOC1CCCCO1. The van der Waals surface area contributed by atoms with E-state index in [0.29, 0.717) is 23.7 Å². The number of sulfone groups is 1. The smallest absolute Gasteiger partial charge is 0.317 e. The molecule has 0 spiro atoms. The molecule has 1 saturated carbocycles. The molecule has 3 amide bonds. The zero-order chi connectivity index (χ0) is 29.2. The molecule has 2 aliphatic heterocycles. The van der Waals surface area contributed by atoms with E-state index < -0.39 is 26.8 Å². The highest BCUT2D eigenvalue weighted by Gasteiger charge is 2.50. The first-order chi connectivity index (χ1) is 20.3. The van der Waals surface area contributed by atoms with Gasteiger partial charge >= 0.3 is 6.03 Å². The van der Waals surface area contributed by atoms with E-state index in [1.165, 1.54) is 17.7 Å². The highest BCUT2D eigenvalue weighted by molar-refractivity contribution is 7.92. The van der Waals surface area contributed by atoms with Gasteiger partial charge < -0.3 is 19.4 Å². The van der Waals surface area contributed by atoms with Gasteiger partial charge in [-0.25, -0.2) is 28.5 Å². The first-order valence-electron chi connectivity index (χ1n) is 14.3. The summed E-state index contributed by atoms with van der Waals surface area (Å²) in [4.78, 5) is 38.6. The Morgan fingerprint density at radius 1 is 1.07 bits per heavy atom. The number of carbonyl (C=O) groups excluding carboxylic acids is 2. The lowest BCUT2D eigenvalue weighted by Crippen LogP contribution is -2.43. The quantitative estimate of drug-likeness (QED) is 0.360. The van der Waals surface area contributed by atoms with E-state index in [9.17, 15) is 18.0 Å². The van der Waals surface area contributed by atoms with Crippen molar-refractivity contribution in [2.75, 3.05) is 25.4 Å². The van der Waals surface area contributed by atoms with Gasteiger partial charge in [0, 0.05) is 47.5 Å². The zero-order valence-corrected chi connectivity index (χ0v) is 24.8. The van der Waals surface area contributed by atoms with E-state index in [-0.39, 0.29) is 43.8 Å². The predicted octanol–water partition coefficient (Wildman–Crippen LogP) is 4.22. The molecule has 3 aromatic rings. The van der Waals surface area contributed by atoms with Crippen molar-refractivity contribution in [1.29, 1.82) is 0 Å². The Kier molecular flexibility index (Phi) is 8.35. The Hall–Kier alpha value is -3.26. The third kappa shape index (κ3) is 6.24. The molecule has 2 aromatic heterocycles. The molecule has 1 aromatic carbocycles. The van der Waals surface area contributed by atoms with Crippen LogP contribution in [-0.2, 0) is 29.0 Å². The Labute approximate surface area is 248 Å². The van der Waals surface area contributed by atoms with Crippen molar-refractivity contribution in [2.45, 2.75) is 62.0 Å². The maximum Gasteiger partial charge on any atom is 0.317 e. The summed E-state index contributed by atoms with van der Waals surface area (Å²) in [6.07, 6.45) is 6.60. The van der Waals surface area contributed by atoms with Gasteiger partial charge in [0.15, 0.2) is 28.3 Å². The largest absolute Gasteiger partial charge is 0.444 e. The van der Waals surface area contributed by atoms with Crippen molar-refractivity contribution < 1.29 is 32.0 Å². The highest BCUT2D eigenvalue weighted by atomic mass is 32.2. The number of carbonyl (C=O) groups is 2. The molecule has 3 fully saturated rings. The number of rotatable bonds is 8. The third-order valence-electron chi connectivity index (χ3n) is 8.03. The molecule has 2 saturated heterocycles. The van der Waals surface area contributed by atoms with E-state index >= 15 is 0 Å². The van der Waals surface area contributed by atoms with Gasteiger partial charge in [-0.2, -0.15) is 0 Å². The number of ether oxygens (including phenoxy) is 1. The van der Waals surface area contributed by atoms with Crippen molar-refractivity contribution in [3.8, 4) is 21.8 Å². The first kappa shape index (κ1) is 28.8. The molecule has 1 aliphatic carbocycles. The number of aromatic nitrogens is 1. The molecule has 11 nitrogen and oxygen atoms in total. The Morgan fingerprint density at radius 2 is 1.88 bits per heavy atom. The van der Waals surface area contributed by atoms with Crippen LogP contribution in [0, 0.1) is 0 Å². The molecule has 224 valence electrons. The second-order valence-corrected chi connectivity index (χ2v) is 14.5. The van der Waals surface area contributed by atoms with Crippen LogP contribution in [0.15, 0.2) is 53.4 Å². The van der Waals surface area contributed by atoms with E-state index in [0.717, 1.165) is 41.7 Å². The molecule has 2 unspecified atom stereocenters. The summed E-state index contributed by atoms with van der Waals surface area (Å²) >= 11 is 1.35. The summed E-state index contributed by atoms with van der Waals surface area (Å²) < 4.78 is 37.5. The van der Waals surface area contributed by atoms with Gasteiger partial charge in [0.25, 0.3) is 0 Å². The molecule has 6 rings (SSSR count). The zero-order valence-electron chi connectivity index (χ0n) is 23.1. The lowest BCUT2D eigenvalue weighted by molar-refractivity contribution is -0.200. The monoisotopic (exact) mass is 614 g/mol. The van der Waals surface area contributed by atoms with Gasteiger partial charge in [-0.1, -0.05) is 24.3 Å². The van der Waals surface area contributed by atoms with Crippen molar-refractivity contribution in [3.63, 3.8) is 0 Å². The van der Waals surface area contributed by atoms with Crippen molar-refractivity contribution in [1.82, 2.24) is 20.7 Å². The van der Waals surface area contributed by atoms with Crippen LogP contribution >= 0.6 is 11.3 Å². The predicted molar refractivity (Wildman–Crippen MR) is 156 cm³/mol. The number of nitrogens with zero attached hydrogens (tertiary/aromatic N) is 2. The maximum atomic E-state index is 14.1.